The van der Waals surface area contributed by atoms with Crippen molar-refractivity contribution in [1.82, 2.24) is 20.4 Å². The Hall–Kier alpha value is -1.91. The lowest BCUT2D eigenvalue weighted by Gasteiger charge is -2.01. The molecule has 0 N–H and O–H groups in total. The second kappa shape index (κ2) is 3.45. The van der Waals surface area contributed by atoms with Crippen molar-refractivity contribution in [3.05, 3.63) is 35.9 Å². The van der Waals surface area contributed by atoms with Crippen molar-refractivity contribution in [2.75, 3.05) is 0 Å². The van der Waals surface area contributed by atoms with Gasteiger partial charge in [-0.15, -0.1) is 20.4 Å². The maximum absolute atomic E-state index is 12.9. The van der Waals surface area contributed by atoms with E-state index in [-0.39, 0.29) is 5.82 Å². The molecule has 2 aromatic rings. The monoisotopic (exact) mass is 190 g/mol. The molecule has 1 heterocycles. The average molecular weight is 190 g/mol. The Morgan fingerprint density at radius 3 is 2.57 bits per heavy atom. The van der Waals surface area contributed by atoms with Gasteiger partial charge in [0.15, 0.2) is 6.33 Å². The summed E-state index contributed by atoms with van der Waals surface area (Å²) in [7, 11) is 0. The Balaban J connectivity index is 2.57. The van der Waals surface area contributed by atoms with Crippen LogP contribution in [0.15, 0.2) is 24.5 Å². The largest absolute Gasteiger partial charge is 0.207 e. The summed E-state index contributed by atoms with van der Waals surface area (Å²) in [5, 5.41) is 14.7. The van der Waals surface area contributed by atoms with Gasteiger partial charge in [0.25, 0.3) is 0 Å². The van der Waals surface area contributed by atoms with Gasteiger partial charge in [-0.05, 0) is 24.6 Å². The lowest BCUT2D eigenvalue weighted by molar-refractivity contribution is 0.627. The van der Waals surface area contributed by atoms with Crippen molar-refractivity contribution < 1.29 is 4.39 Å². The molecule has 0 amide bonds. The maximum atomic E-state index is 12.9. The molecule has 0 saturated heterocycles. The van der Waals surface area contributed by atoms with Crippen LogP contribution >= 0.6 is 0 Å². The van der Waals surface area contributed by atoms with E-state index in [2.05, 4.69) is 20.4 Å². The first kappa shape index (κ1) is 8.68. The first-order chi connectivity index (χ1) is 6.77. The average Bonchev–Trinajstić information content (AvgIpc) is 2.23. The third kappa shape index (κ3) is 1.56. The van der Waals surface area contributed by atoms with Crippen molar-refractivity contribution in [2.45, 2.75) is 6.92 Å². The summed E-state index contributed by atoms with van der Waals surface area (Å²) < 4.78 is 12.9. The van der Waals surface area contributed by atoms with Crippen LogP contribution in [0.2, 0.25) is 0 Å². The van der Waals surface area contributed by atoms with Crippen LogP contribution in [0.5, 0.6) is 0 Å². The number of benzene rings is 1. The minimum atomic E-state index is -0.321. The number of rotatable bonds is 1. The number of aromatic nitrogens is 4. The van der Waals surface area contributed by atoms with Crippen LogP contribution in [0, 0.1) is 12.7 Å². The van der Waals surface area contributed by atoms with E-state index < -0.39 is 0 Å². The molecule has 1 aromatic carbocycles. The van der Waals surface area contributed by atoms with Crippen molar-refractivity contribution in [3.8, 4) is 11.4 Å². The molecule has 0 atom stereocenters. The highest BCUT2D eigenvalue weighted by atomic mass is 19.1. The molecule has 0 fully saturated rings. The molecule has 0 radical (unpaired) electrons. The van der Waals surface area contributed by atoms with Crippen LogP contribution in [-0.2, 0) is 0 Å². The molecule has 14 heavy (non-hydrogen) atoms. The van der Waals surface area contributed by atoms with Crippen molar-refractivity contribution >= 4 is 0 Å². The normalized spacial score (nSPS) is 10.1. The molecular weight excluding hydrogens is 183 g/mol. The van der Waals surface area contributed by atoms with Crippen molar-refractivity contribution in [1.29, 1.82) is 0 Å². The van der Waals surface area contributed by atoms with E-state index in [0.717, 1.165) is 5.56 Å². The molecule has 0 saturated carbocycles. The lowest BCUT2D eigenvalue weighted by Crippen LogP contribution is -1.96. The standard InChI is InChI=1S/C9H7FN4/c1-6-2-3-7(10)4-8(6)9-13-11-5-12-14-9/h2-5H,1H3. The zero-order valence-corrected chi connectivity index (χ0v) is 7.48. The number of aryl methyl sites for hydroxylation is 1. The maximum Gasteiger partial charge on any atom is 0.203 e. The first-order valence-electron chi connectivity index (χ1n) is 4.04. The molecule has 0 bridgehead atoms. The predicted octanol–water partition coefficient (Wildman–Crippen LogP) is 1.38. The molecule has 0 unspecified atom stereocenters. The third-order valence-electron chi connectivity index (χ3n) is 1.85. The fourth-order valence-corrected chi connectivity index (χ4v) is 1.15. The highest BCUT2D eigenvalue weighted by Crippen LogP contribution is 2.18. The van der Waals surface area contributed by atoms with E-state index in [4.69, 9.17) is 0 Å². The second-order valence-corrected chi connectivity index (χ2v) is 2.83. The summed E-state index contributed by atoms with van der Waals surface area (Å²) in [6, 6.07) is 4.43. The SMILES string of the molecule is Cc1ccc(F)cc1-c1nncnn1. The Morgan fingerprint density at radius 1 is 1.14 bits per heavy atom. The van der Waals surface area contributed by atoms with E-state index >= 15 is 0 Å². The van der Waals surface area contributed by atoms with E-state index in [1.54, 1.807) is 6.07 Å². The Kier molecular flexibility index (Phi) is 2.14. The highest BCUT2D eigenvalue weighted by Gasteiger charge is 2.06. The molecular formula is C9H7FN4. The number of halogens is 1. The molecule has 70 valence electrons. The summed E-state index contributed by atoms with van der Waals surface area (Å²) >= 11 is 0. The van der Waals surface area contributed by atoms with Crippen LogP contribution < -0.4 is 0 Å². The van der Waals surface area contributed by atoms with Crippen LogP contribution in [0.1, 0.15) is 5.56 Å². The smallest absolute Gasteiger partial charge is 0.203 e. The first-order valence-corrected chi connectivity index (χ1v) is 4.04. The van der Waals surface area contributed by atoms with E-state index in [0.29, 0.717) is 11.4 Å². The molecule has 2 rings (SSSR count). The predicted molar refractivity (Wildman–Crippen MR) is 47.8 cm³/mol. The van der Waals surface area contributed by atoms with Gasteiger partial charge in [-0.25, -0.2) is 4.39 Å². The summed E-state index contributed by atoms with van der Waals surface area (Å²) in [4.78, 5) is 0. The number of hydrogen-bond acceptors (Lipinski definition) is 4. The van der Waals surface area contributed by atoms with Crippen LogP contribution in [0.3, 0.4) is 0 Å². The van der Waals surface area contributed by atoms with E-state index in [1.807, 2.05) is 6.92 Å². The van der Waals surface area contributed by atoms with Crippen molar-refractivity contribution in [3.63, 3.8) is 0 Å². The quantitative estimate of drug-likeness (QED) is 0.681. The zero-order chi connectivity index (χ0) is 9.97. The lowest BCUT2D eigenvalue weighted by atomic mass is 10.1. The molecule has 4 nitrogen and oxygen atoms in total. The van der Waals surface area contributed by atoms with Gasteiger partial charge in [0.1, 0.15) is 5.82 Å². The highest BCUT2D eigenvalue weighted by molar-refractivity contribution is 5.58. The molecule has 1 aromatic heterocycles. The summed E-state index contributed by atoms with van der Waals surface area (Å²) in [5.74, 6) is 0.0163. The Labute approximate surface area is 79.8 Å². The van der Waals surface area contributed by atoms with E-state index in [1.165, 1.54) is 18.5 Å². The van der Waals surface area contributed by atoms with Gasteiger partial charge >= 0.3 is 0 Å². The molecule has 5 heteroatoms. The third-order valence-corrected chi connectivity index (χ3v) is 1.85. The molecule has 0 aliphatic carbocycles. The molecule has 0 aliphatic heterocycles. The molecule has 0 spiro atoms. The van der Waals surface area contributed by atoms with Gasteiger partial charge in [0, 0.05) is 5.56 Å². The Morgan fingerprint density at radius 2 is 1.86 bits per heavy atom. The van der Waals surface area contributed by atoms with Crippen molar-refractivity contribution in [2.24, 2.45) is 0 Å². The minimum absolute atomic E-state index is 0.321. The Bertz CT molecular complexity index is 444. The van der Waals surface area contributed by atoms with Crippen LogP contribution in [0.4, 0.5) is 4.39 Å². The van der Waals surface area contributed by atoms with Crippen LogP contribution in [0.25, 0.3) is 11.4 Å². The minimum Gasteiger partial charge on any atom is -0.207 e. The van der Waals surface area contributed by atoms with Gasteiger partial charge < -0.3 is 0 Å². The van der Waals surface area contributed by atoms with Gasteiger partial charge in [-0.1, -0.05) is 6.07 Å². The topological polar surface area (TPSA) is 51.6 Å². The number of hydrogen-bond donors (Lipinski definition) is 0. The van der Waals surface area contributed by atoms with Gasteiger partial charge in [0.05, 0.1) is 0 Å². The number of nitrogens with zero attached hydrogens (tertiary/aromatic N) is 4. The fourth-order valence-electron chi connectivity index (χ4n) is 1.15. The summed E-state index contributed by atoms with van der Waals surface area (Å²) in [6.07, 6.45) is 1.23. The summed E-state index contributed by atoms with van der Waals surface area (Å²) in [6.45, 7) is 1.85. The molecule has 0 aliphatic rings. The second-order valence-electron chi connectivity index (χ2n) is 2.83. The van der Waals surface area contributed by atoms with Gasteiger partial charge in [-0.2, -0.15) is 0 Å². The van der Waals surface area contributed by atoms with Crippen LogP contribution in [-0.4, -0.2) is 20.4 Å². The van der Waals surface area contributed by atoms with E-state index in [9.17, 15) is 4.39 Å². The van der Waals surface area contributed by atoms with Gasteiger partial charge in [0.2, 0.25) is 5.82 Å². The zero-order valence-electron chi connectivity index (χ0n) is 7.48. The van der Waals surface area contributed by atoms with Gasteiger partial charge in [-0.3, -0.25) is 0 Å². The summed E-state index contributed by atoms with van der Waals surface area (Å²) in [5.41, 5.74) is 1.51. The fraction of sp³-hybridized carbons (Fsp3) is 0.111.